The number of hydrogen-bond donors (Lipinski definition) is 0. The minimum Gasteiger partial charge on any atom is -0.496 e. The van der Waals surface area contributed by atoms with Crippen molar-refractivity contribution in [3.8, 4) is 5.75 Å². The Bertz CT molecular complexity index is 527. The molecule has 22 heavy (non-hydrogen) atoms. The van der Waals surface area contributed by atoms with E-state index < -0.39 is 5.97 Å². The van der Waals surface area contributed by atoms with Crippen LogP contribution in [0.15, 0.2) is 30.3 Å². The number of hydrogen-bond acceptors (Lipinski definition) is 5. The molecule has 0 N–H and O–H groups in total. The highest BCUT2D eigenvalue weighted by Gasteiger charge is 2.15. The van der Waals surface area contributed by atoms with E-state index in [0.29, 0.717) is 18.9 Å². The molecule has 0 bridgehead atoms. The Balaban J connectivity index is 2.80. The van der Waals surface area contributed by atoms with Gasteiger partial charge in [0, 0.05) is 25.3 Å². The van der Waals surface area contributed by atoms with Crippen LogP contribution in [0.2, 0.25) is 0 Å². The quantitative estimate of drug-likeness (QED) is 0.536. The largest absolute Gasteiger partial charge is 0.496 e. The minimum atomic E-state index is -0.477. The molecular formula is C16H21NO5. The number of para-hydroxylation sites is 1. The van der Waals surface area contributed by atoms with Crippen LogP contribution in [0.25, 0.3) is 6.08 Å². The Morgan fingerprint density at radius 2 is 1.91 bits per heavy atom. The van der Waals surface area contributed by atoms with Crippen LogP contribution in [0.1, 0.15) is 5.56 Å². The zero-order chi connectivity index (χ0) is 16.4. The molecule has 0 spiro atoms. The van der Waals surface area contributed by atoms with E-state index in [1.807, 2.05) is 18.2 Å². The number of carbonyl (C=O) groups is 2. The summed E-state index contributed by atoms with van der Waals surface area (Å²) in [4.78, 5) is 24.9. The molecule has 6 nitrogen and oxygen atoms in total. The van der Waals surface area contributed by atoms with Gasteiger partial charge in [0.05, 0.1) is 20.8 Å². The number of amides is 1. The molecule has 120 valence electrons. The van der Waals surface area contributed by atoms with Gasteiger partial charge in [0.2, 0.25) is 5.91 Å². The van der Waals surface area contributed by atoms with Gasteiger partial charge >= 0.3 is 5.97 Å². The number of nitrogens with zero attached hydrogens (tertiary/aromatic N) is 1. The summed E-state index contributed by atoms with van der Waals surface area (Å²) < 4.78 is 14.8. The van der Waals surface area contributed by atoms with Crippen molar-refractivity contribution in [2.45, 2.75) is 0 Å². The summed E-state index contributed by atoms with van der Waals surface area (Å²) in [5.41, 5.74) is 0.781. The van der Waals surface area contributed by atoms with Gasteiger partial charge in [0.1, 0.15) is 12.3 Å². The summed E-state index contributed by atoms with van der Waals surface area (Å²) in [7, 11) is 4.38. The lowest BCUT2D eigenvalue weighted by Crippen LogP contribution is -2.37. The van der Waals surface area contributed by atoms with E-state index in [9.17, 15) is 9.59 Å². The topological polar surface area (TPSA) is 65.1 Å². The van der Waals surface area contributed by atoms with Crippen molar-refractivity contribution >= 4 is 18.0 Å². The van der Waals surface area contributed by atoms with Crippen LogP contribution in [0.3, 0.4) is 0 Å². The number of rotatable bonds is 8. The molecule has 0 atom stereocenters. The average molecular weight is 307 g/mol. The molecule has 6 heteroatoms. The summed E-state index contributed by atoms with van der Waals surface area (Å²) in [6, 6.07) is 7.34. The molecule has 1 aromatic carbocycles. The molecule has 0 saturated carbocycles. The molecule has 1 amide bonds. The number of ether oxygens (including phenoxy) is 3. The Kier molecular flexibility index (Phi) is 7.70. The zero-order valence-corrected chi connectivity index (χ0v) is 13.1. The second-order valence-electron chi connectivity index (χ2n) is 4.40. The summed E-state index contributed by atoms with van der Waals surface area (Å²) in [6.07, 6.45) is 3.05. The van der Waals surface area contributed by atoms with Gasteiger partial charge in [-0.05, 0) is 12.1 Å². The molecule has 0 aliphatic carbocycles. The van der Waals surface area contributed by atoms with Gasteiger partial charge < -0.3 is 19.1 Å². The Morgan fingerprint density at radius 3 is 2.55 bits per heavy atom. The first-order valence-electron chi connectivity index (χ1n) is 6.78. The molecular weight excluding hydrogens is 286 g/mol. The lowest BCUT2D eigenvalue weighted by atomic mass is 10.2. The van der Waals surface area contributed by atoms with Crippen LogP contribution in [-0.4, -0.2) is 57.8 Å². The molecule has 0 radical (unpaired) electrons. The summed E-state index contributed by atoms with van der Waals surface area (Å²) in [5, 5.41) is 0. The maximum absolute atomic E-state index is 12.2. The zero-order valence-electron chi connectivity index (χ0n) is 13.1. The Hall–Kier alpha value is -2.34. The fourth-order valence-corrected chi connectivity index (χ4v) is 1.76. The van der Waals surface area contributed by atoms with Crippen LogP contribution in [0.4, 0.5) is 0 Å². The third-order valence-electron chi connectivity index (χ3n) is 2.97. The number of benzene rings is 1. The van der Waals surface area contributed by atoms with Crippen molar-refractivity contribution in [3.05, 3.63) is 35.9 Å². The van der Waals surface area contributed by atoms with E-state index in [1.165, 1.54) is 25.2 Å². The van der Waals surface area contributed by atoms with Crippen LogP contribution in [-0.2, 0) is 19.1 Å². The van der Waals surface area contributed by atoms with Crippen molar-refractivity contribution < 1.29 is 23.8 Å². The van der Waals surface area contributed by atoms with E-state index >= 15 is 0 Å². The standard InChI is InChI=1S/C16H21NO5/c1-20-11-10-17(12-16(19)22-3)15(18)9-8-13-6-4-5-7-14(13)21-2/h4-9H,10-12H2,1-3H3. The normalized spacial score (nSPS) is 10.5. The van der Waals surface area contributed by atoms with Crippen LogP contribution >= 0.6 is 0 Å². The first-order valence-corrected chi connectivity index (χ1v) is 6.78. The maximum atomic E-state index is 12.2. The first-order chi connectivity index (χ1) is 10.6. The molecule has 0 heterocycles. The van der Waals surface area contributed by atoms with Crippen molar-refractivity contribution in [3.63, 3.8) is 0 Å². The fourth-order valence-electron chi connectivity index (χ4n) is 1.76. The number of methoxy groups -OCH3 is 3. The second kappa shape index (κ2) is 9.57. The molecule has 1 aromatic rings. The third kappa shape index (κ3) is 5.57. The van der Waals surface area contributed by atoms with Gasteiger partial charge in [-0.2, -0.15) is 0 Å². The highest BCUT2D eigenvalue weighted by molar-refractivity contribution is 5.94. The smallest absolute Gasteiger partial charge is 0.325 e. The molecule has 1 rings (SSSR count). The Morgan fingerprint density at radius 1 is 1.18 bits per heavy atom. The van der Waals surface area contributed by atoms with E-state index in [2.05, 4.69) is 4.74 Å². The lowest BCUT2D eigenvalue weighted by Gasteiger charge is -2.19. The van der Waals surface area contributed by atoms with Crippen LogP contribution in [0.5, 0.6) is 5.75 Å². The van der Waals surface area contributed by atoms with Crippen LogP contribution in [0, 0.1) is 0 Å². The van der Waals surface area contributed by atoms with Crippen LogP contribution < -0.4 is 4.74 Å². The van der Waals surface area contributed by atoms with E-state index in [0.717, 1.165) is 5.56 Å². The molecule has 0 saturated heterocycles. The summed E-state index contributed by atoms with van der Waals surface area (Å²) >= 11 is 0. The monoisotopic (exact) mass is 307 g/mol. The second-order valence-corrected chi connectivity index (χ2v) is 4.40. The molecule has 0 aliphatic rings. The van der Waals surface area contributed by atoms with E-state index in [-0.39, 0.29) is 12.5 Å². The van der Waals surface area contributed by atoms with E-state index in [4.69, 9.17) is 9.47 Å². The molecule has 0 aromatic heterocycles. The third-order valence-corrected chi connectivity index (χ3v) is 2.97. The van der Waals surface area contributed by atoms with Gasteiger partial charge in [0.15, 0.2) is 0 Å². The van der Waals surface area contributed by atoms with Gasteiger partial charge in [-0.15, -0.1) is 0 Å². The van der Waals surface area contributed by atoms with Crippen molar-refractivity contribution in [1.29, 1.82) is 0 Å². The molecule has 0 unspecified atom stereocenters. The number of esters is 1. The van der Waals surface area contributed by atoms with Crippen molar-refractivity contribution in [2.75, 3.05) is 41.0 Å². The predicted octanol–water partition coefficient (Wildman–Crippen LogP) is 1.36. The van der Waals surface area contributed by atoms with E-state index in [1.54, 1.807) is 19.3 Å². The van der Waals surface area contributed by atoms with Gasteiger partial charge in [-0.3, -0.25) is 9.59 Å². The summed E-state index contributed by atoms with van der Waals surface area (Å²) in [6.45, 7) is 0.529. The number of carbonyl (C=O) groups excluding carboxylic acids is 2. The van der Waals surface area contributed by atoms with Gasteiger partial charge in [0.25, 0.3) is 0 Å². The first kappa shape index (κ1) is 17.7. The summed E-state index contributed by atoms with van der Waals surface area (Å²) in [5.74, 6) is -0.105. The van der Waals surface area contributed by atoms with Crippen molar-refractivity contribution in [2.24, 2.45) is 0 Å². The molecule has 0 fully saturated rings. The fraction of sp³-hybridized carbons (Fsp3) is 0.375. The minimum absolute atomic E-state index is 0.116. The Labute approximate surface area is 130 Å². The lowest BCUT2D eigenvalue weighted by molar-refractivity contribution is -0.145. The SMILES string of the molecule is COCCN(CC(=O)OC)C(=O)C=Cc1ccccc1OC. The average Bonchev–Trinajstić information content (AvgIpc) is 2.56. The van der Waals surface area contributed by atoms with Gasteiger partial charge in [-0.1, -0.05) is 18.2 Å². The van der Waals surface area contributed by atoms with Crippen molar-refractivity contribution in [1.82, 2.24) is 4.90 Å². The maximum Gasteiger partial charge on any atom is 0.325 e. The molecule has 0 aliphatic heterocycles. The highest BCUT2D eigenvalue weighted by Crippen LogP contribution is 2.18. The highest BCUT2D eigenvalue weighted by atomic mass is 16.5. The predicted molar refractivity (Wildman–Crippen MR) is 82.5 cm³/mol. The van der Waals surface area contributed by atoms with Gasteiger partial charge in [-0.25, -0.2) is 0 Å².